The van der Waals surface area contributed by atoms with Crippen molar-refractivity contribution >= 4 is 48.0 Å². The number of ether oxygens (including phenoxy) is 3. The molecule has 11 heteroatoms. The number of carbonyl (C=O) groups excluding carboxylic acids is 3. The highest BCUT2D eigenvalue weighted by Crippen LogP contribution is 2.61. The summed E-state index contributed by atoms with van der Waals surface area (Å²) in [6.45, 7) is 11.4. The van der Waals surface area contributed by atoms with Gasteiger partial charge in [-0.25, -0.2) is 0 Å². The van der Waals surface area contributed by atoms with Crippen molar-refractivity contribution in [2.24, 2.45) is 5.92 Å². The second kappa shape index (κ2) is 14.1. The Morgan fingerprint density at radius 3 is 2.45 bits per heavy atom. The van der Waals surface area contributed by atoms with Crippen molar-refractivity contribution in [2.75, 3.05) is 36.6 Å². The van der Waals surface area contributed by atoms with Crippen molar-refractivity contribution in [1.82, 2.24) is 4.90 Å². The van der Waals surface area contributed by atoms with E-state index in [9.17, 15) is 14.7 Å². The first-order valence-electron chi connectivity index (χ1n) is 19.1. The summed E-state index contributed by atoms with van der Waals surface area (Å²) in [6.07, 6.45) is 2.76. The SMILES string of the molecule is C=CCN1C(=O)[C@]2(O[C@H](CC(=O)N3CCC[C@H]3CO)[C@@H]([Si](C)(C)c3ccc(OC)cc3)[C@@H]2C)c2cc(N3C(=O)c4ccccc4Oc4ccccc43)ccc21. The van der Waals surface area contributed by atoms with Gasteiger partial charge in [-0.15, -0.1) is 6.58 Å². The van der Waals surface area contributed by atoms with Crippen molar-refractivity contribution in [3.8, 4) is 17.2 Å². The van der Waals surface area contributed by atoms with E-state index >= 15 is 4.79 Å². The zero-order valence-corrected chi connectivity index (χ0v) is 32.7. The molecule has 8 rings (SSSR count). The molecule has 3 amide bonds. The van der Waals surface area contributed by atoms with E-state index in [4.69, 9.17) is 14.2 Å². The maximum absolute atomic E-state index is 15.2. The van der Waals surface area contributed by atoms with Crippen LogP contribution in [0.5, 0.6) is 17.2 Å². The average Bonchev–Trinajstić information content (AvgIpc) is 3.83. The summed E-state index contributed by atoms with van der Waals surface area (Å²) >= 11 is 0. The molecule has 0 unspecified atom stereocenters. The Hall–Kier alpha value is -5.23. The number of hydrogen-bond acceptors (Lipinski definition) is 7. The Bertz CT molecular complexity index is 2170. The van der Waals surface area contributed by atoms with E-state index in [-0.39, 0.29) is 54.8 Å². The van der Waals surface area contributed by atoms with Crippen LogP contribution >= 0.6 is 0 Å². The van der Waals surface area contributed by atoms with Crippen LogP contribution in [-0.4, -0.2) is 74.8 Å². The van der Waals surface area contributed by atoms with Gasteiger partial charge in [0.2, 0.25) is 5.91 Å². The van der Waals surface area contributed by atoms with Crippen LogP contribution < -0.4 is 24.5 Å². The molecule has 1 N–H and O–H groups in total. The molecule has 4 heterocycles. The largest absolute Gasteiger partial charge is 0.497 e. The number of hydrogen-bond donors (Lipinski definition) is 1. The minimum absolute atomic E-state index is 0.0791. The zero-order valence-electron chi connectivity index (χ0n) is 31.7. The molecule has 2 fully saturated rings. The van der Waals surface area contributed by atoms with Gasteiger partial charge in [0.1, 0.15) is 11.5 Å². The number of carbonyl (C=O) groups is 3. The van der Waals surface area contributed by atoms with Gasteiger partial charge in [-0.2, -0.15) is 0 Å². The Morgan fingerprint density at radius 1 is 1.00 bits per heavy atom. The maximum atomic E-state index is 15.2. The number of anilines is 3. The molecule has 5 atom stereocenters. The highest BCUT2D eigenvalue weighted by molar-refractivity contribution is 6.91. The molecular formula is C44H47N3O7Si. The smallest absolute Gasteiger partial charge is 0.266 e. The number of amides is 3. The van der Waals surface area contributed by atoms with Crippen molar-refractivity contribution < 1.29 is 33.7 Å². The first-order chi connectivity index (χ1) is 26.5. The van der Waals surface area contributed by atoms with Gasteiger partial charge in [-0.3, -0.25) is 19.3 Å². The fourth-order valence-corrected chi connectivity index (χ4v) is 13.7. The molecule has 0 aliphatic carbocycles. The van der Waals surface area contributed by atoms with E-state index in [1.807, 2.05) is 66.7 Å². The van der Waals surface area contributed by atoms with Crippen molar-refractivity contribution in [1.29, 1.82) is 0 Å². The molecule has 0 aromatic heterocycles. The summed E-state index contributed by atoms with van der Waals surface area (Å²) in [4.78, 5) is 49.0. The highest BCUT2D eigenvalue weighted by Gasteiger charge is 2.66. The number of aliphatic hydroxyl groups excluding tert-OH is 1. The highest BCUT2D eigenvalue weighted by atomic mass is 28.3. The summed E-state index contributed by atoms with van der Waals surface area (Å²) in [5.41, 5.74) is 1.26. The van der Waals surface area contributed by atoms with Gasteiger partial charge in [0.15, 0.2) is 11.4 Å². The third-order valence-corrected chi connectivity index (χ3v) is 16.7. The molecule has 4 aliphatic heterocycles. The lowest BCUT2D eigenvalue weighted by Gasteiger charge is -2.37. The number of likely N-dealkylation sites (tertiary alicyclic amines) is 1. The Kier molecular flexibility index (Phi) is 9.43. The molecule has 284 valence electrons. The molecule has 2 saturated heterocycles. The van der Waals surface area contributed by atoms with Crippen LogP contribution in [0.3, 0.4) is 0 Å². The Labute approximate surface area is 322 Å². The fourth-order valence-electron chi connectivity index (χ4n) is 9.66. The Balaban J connectivity index is 1.28. The van der Waals surface area contributed by atoms with Crippen molar-refractivity contribution in [3.63, 3.8) is 0 Å². The van der Waals surface area contributed by atoms with E-state index in [2.05, 4.69) is 38.7 Å². The molecule has 4 aromatic carbocycles. The number of aliphatic hydroxyl groups is 1. The van der Waals surface area contributed by atoms with Gasteiger partial charge in [0.25, 0.3) is 11.8 Å². The lowest BCUT2D eigenvalue weighted by Crippen LogP contribution is -2.52. The molecule has 1 spiro atoms. The van der Waals surface area contributed by atoms with E-state index < -0.39 is 19.8 Å². The summed E-state index contributed by atoms with van der Waals surface area (Å²) in [7, 11) is -0.905. The normalized spacial score (nSPS) is 24.3. The second-order valence-corrected chi connectivity index (χ2v) is 20.2. The minimum atomic E-state index is -2.55. The lowest BCUT2D eigenvalue weighted by molar-refractivity contribution is -0.149. The lowest BCUT2D eigenvalue weighted by atomic mass is 9.82. The quantitative estimate of drug-likeness (QED) is 0.146. The molecule has 0 saturated carbocycles. The maximum Gasteiger partial charge on any atom is 0.266 e. The topological polar surface area (TPSA) is 109 Å². The number of rotatable bonds is 9. The third kappa shape index (κ3) is 5.79. The summed E-state index contributed by atoms with van der Waals surface area (Å²) < 4.78 is 19.1. The van der Waals surface area contributed by atoms with E-state index in [0.717, 1.165) is 23.8 Å². The van der Waals surface area contributed by atoms with Gasteiger partial charge in [0, 0.05) is 30.3 Å². The molecular weight excluding hydrogens is 711 g/mol. The minimum Gasteiger partial charge on any atom is -0.497 e. The monoisotopic (exact) mass is 757 g/mol. The summed E-state index contributed by atoms with van der Waals surface area (Å²) in [6, 6.07) is 28.2. The molecule has 10 nitrogen and oxygen atoms in total. The van der Waals surface area contributed by atoms with Crippen LogP contribution in [0.15, 0.2) is 104 Å². The number of fused-ring (bicyclic) bond motifs is 4. The number of benzene rings is 4. The summed E-state index contributed by atoms with van der Waals surface area (Å²) in [5.74, 6) is 0.819. The van der Waals surface area contributed by atoms with Crippen LogP contribution in [0.4, 0.5) is 17.1 Å². The first kappa shape index (κ1) is 36.7. The standard InChI is InChI=1S/C44H47N3O7Si/c1-6-23-46-35-22-17-29(47-36-14-8-10-16-38(36)53-37-15-9-7-13-33(37)42(47)50)25-34(35)44(43(46)51)28(2)41(55(4,5)32-20-18-31(52-3)19-21-32)39(54-44)26-40(49)45-24-11-12-30(45)27-48/h6-10,13-22,25,28,30,39,41,48H,1,11-12,23-24,26-27H2,2-5H3/t28-,30-,39+,41-,44+/m0/s1. The zero-order chi connectivity index (χ0) is 38.6. The molecule has 0 radical (unpaired) electrons. The predicted octanol–water partition coefficient (Wildman–Crippen LogP) is 6.90. The fraction of sp³-hybridized carbons (Fsp3) is 0.341. The van der Waals surface area contributed by atoms with Gasteiger partial charge in [0.05, 0.1) is 57.3 Å². The summed E-state index contributed by atoms with van der Waals surface area (Å²) in [5, 5.41) is 11.3. The van der Waals surface area contributed by atoms with Crippen molar-refractivity contribution in [2.45, 2.75) is 62.6 Å². The number of para-hydroxylation sites is 3. The van der Waals surface area contributed by atoms with Gasteiger partial charge >= 0.3 is 0 Å². The van der Waals surface area contributed by atoms with Crippen LogP contribution in [0.25, 0.3) is 0 Å². The van der Waals surface area contributed by atoms with Gasteiger partial charge < -0.3 is 29.1 Å². The van der Waals surface area contributed by atoms with Gasteiger partial charge in [-0.1, -0.05) is 67.7 Å². The van der Waals surface area contributed by atoms with Crippen molar-refractivity contribution in [3.05, 3.63) is 115 Å². The second-order valence-electron chi connectivity index (χ2n) is 15.5. The van der Waals surface area contributed by atoms with Crippen LogP contribution in [0, 0.1) is 5.92 Å². The molecule has 4 aromatic rings. The van der Waals surface area contributed by atoms with Crippen LogP contribution in [0.1, 0.15) is 42.1 Å². The molecule has 4 aliphatic rings. The predicted molar refractivity (Wildman–Crippen MR) is 214 cm³/mol. The average molecular weight is 758 g/mol. The molecule has 0 bridgehead atoms. The molecule has 55 heavy (non-hydrogen) atoms. The van der Waals surface area contributed by atoms with E-state index in [1.54, 1.807) is 40.0 Å². The van der Waals surface area contributed by atoms with Gasteiger partial charge in [-0.05, 0) is 73.0 Å². The van der Waals surface area contributed by atoms with Crippen LogP contribution in [-0.2, 0) is 19.9 Å². The van der Waals surface area contributed by atoms with E-state index in [1.165, 1.54) is 0 Å². The number of nitrogens with zero attached hydrogens (tertiary/aromatic N) is 3. The first-order valence-corrected chi connectivity index (χ1v) is 22.1. The third-order valence-electron chi connectivity index (χ3n) is 12.3. The Morgan fingerprint density at radius 2 is 1.73 bits per heavy atom. The van der Waals surface area contributed by atoms with E-state index in [0.29, 0.717) is 46.2 Å². The number of methoxy groups -OCH3 is 1. The van der Waals surface area contributed by atoms with Crippen LogP contribution in [0.2, 0.25) is 18.6 Å².